The first-order valence-corrected chi connectivity index (χ1v) is 5.81. The normalized spacial score (nSPS) is 18.6. The summed E-state index contributed by atoms with van der Waals surface area (Å²) in [4.78, 5) is 13.7. The molecule has 3 nitrogen and oxygen atoms in total. The minimum atomic E-state index is 0.217. The third-order valence-electron chi connectivity index (χ3n) is 3.03. The first-order chi connectivity index (χ1) is 7.77. The molecule has 1 aliphatic rings. The number of hydrogen-bond acceptors (Lipinski definition) is 2. The summed E-state index contributed by atoms with van der Waals surface area (Å²) >= 11 is 0. The molecule has 3 heteroatoms. The van der Waals surface area contributed by atoms with Gasteiger partial charge in [-0.25, -0.2) is 0 Å². The van der Waals surface area contributed by atoms with E-state index < -0.39 is 0 Å². The number of nitrogens with zero attached hydrogens (tertiary/aromatic N) is 1. The average molecular weight is 218 g/mol. The fourth-order valence-corrected chi connectivity index (χ4v) is 2.15. The van der Waals surface area contributed by atoms with Gasteiger partial charge in [0.15, 0.2) is 0 Å². The molecule has 1 amide bonds. The molecule has 0 saturated carbocycles. The zero-order valence-corrected chi connectivity index (χ0v) is 9.65. The van der Waals surface area contributed by atoms with Gasteiger partial charge in [-0.2, -0.15) is 0 Å². The summed E-state index contributed by atoms with van der Waals surface area (Å²) < 4.78 is 0. The van der Waals surface area contributed by atoms with Crippen molar-refractivity contribution in [2.75, 3.05) is 19.6 Å². The Bertz CT molecular complexity index is 350. The van der Waals surface area contributed by atoms with E-state index in [2.05, 4.69) is 24.4 Å². The number of rotatable bonds is 3. The molecule has 1 unspecified atom stereocenters. The van der Waals surface area contributed by atoms with Crippen molar-refractivity contribution >= 4 is 5.91 Å². The van der Waals surface area contributed by atoms with Crippen molar-refractivity contribution in [1.29, 1.82) is 0 Å². The molecule has 2 rings (SSSR count). The van der Waals surface area contributed by atoms with Crippen LogP contribution in [-0.2, 0) is 11.2 Å². The molecule has 1 saturated heterocycles. The van der Waals surface area contributed by atoms with E-state index in [0.29, 0.717) is 6.54 Å². The number of carbonyl (C=O) groups is 1. The van der Waals surface area contributed by atoms with Crippen molar-refractivity contribution in [2.45, 2.75) is 19.4 Å². The van der Waals surface area contributed by atoms with Gasteiger partial charge in [-0.15, -0.1) is 0 Å². The second kappa shape index (κ2) is 5.12. The fourth-order valence-electron chi connectivity index (χ4n) is 2.15. The number of benzene rings is 1. The molecule has 0 radical (unpaired) electrons. The number of hydrogen-bond donors (Lipinski definition) is 1. The van der Waals surface area contributed by atoms with E-state index in [9.17, 15) is 4.79 Å². The van der Waals surface area contributed by atoms with Gasteiger partial charge in [0.05, 0.1) is 6.54 Å². The highest BCUT2D eigenvalue weighted by atomic mass is 16.2. The summed E-state index contributed by atoms with van der Waals surface area (Å²) in [6.45, 7) is 4.34. The van der Waals surface area contributed by atoms with E-state index in [1.165, 1.54) is 5.56 Å². The Kier molecular flexibility index (Phi) is 3.57. The standard InChI is InChI=1S/C13H18N2O/c1-11(9-12-5-3-2-4-6-12)15-8-7-14-10-13(15)16/h2-6,11,14H,7-10H2,1H3. The Morgan fingerprint density at radius 1 is 1.38 bits per heavy atom. The van der Waals surface area contributed by atoms with Crippen LogP contribution in [0.25, 0.3) is 0 Å². The quantitative estimate of drug-likeness (QED) is 0.822. The minimum absolute atomic E-state index is 0.217. The molecular formula is C13H18N2O. The van der Waals surface area contributed by atoms with Crippen molar-refractivity contribution < 1.29 is 4.79 Å². The number of nitrogens with one attached hydrogen (secondary N) is 1. The van der Waals surface area contributed by atoms with Crippen LogP contribution in [0.1, 0.15) is 12.5 Å². The van der Waals surface area contributed by atoms with Crippen LogP contribution in [0.4, 0.5) is 0 Å². The summed E-state index contributed by atoms with van der Waals surface area (Å²) in [5.74, 6) is 0.217. The lowest BCUT2D eigenvalue weighted by Gasteiger charge is -2.33. The maximum absolute atomic E-state index is 11.7. The van der Waals surface area contributed by atoms with E-state index >= 15 is 0 Å². The van der Waals surface area contributed by atoms with Crippen molar-refractivity contribution in [3.8, 4) is 0 Å². The minimum Gasteiger partial charge on any atom is -0.337 e. The molecule has 1 heterocycles. The lowest BCUT2D eigenvalue weighted by Crippen LogP contribution is -2.52. The zero-order valence-electron chi connectivity index (χ0n) is 9.65. The predicted octanol–water partition coefficient (Wildman–Crippen LogP) is 1.05. The largest absolute Gasteiger partial charge is 0.337 e. The molecule has 1 atom stereocenters. The lowest BCUT2D eigenvalue weighted by molar-refractivity contribution is -0.133. The summed E-state index contributed by atoms with van der Waals surface area (Å²) in [6.07, 6.45) is 0.937. The van der Waals surface area contributed by atoms with E-state index in [0.717, 1.165) is 19.5 Å². The van der Waals surface area contributed by atoms with Crippen LogP contribution in [0.15, 0.2) is 30.3 Å². The smallest absolute Gasteiger partial charge is 0.236 e. The fraction of sp³-hybridized carbons (Fsp3) is 0.462. The van der Waals surface area contributed by atoms with Crippen molar-refractivity contribution in [2.24, 2.45) is 0 Å². The zero-order chi connectivity index (χ0) is 11.4. The molecule has 1 aromatic carbocycles. The molecular weight excluding hydrogens is 200 g/mol. The van der Waals surface area contributed by atoms with Gasteiger partial charge in [0, 0.05) is 19.1 Å². The van der Waals surface area contributed by atoms with Gasteiger partial charge in [0.1, 0.15) is 0 Å². The number of carbonyl (C=O) groups excluding carboxylic acids is 1. The van der Waals surface area contributed by atoms with Crippen molar-refractivity contribution in [3.05, 3.63) is 35.9 Å². The highest BCUT2D eigenvalue weighted by Gasteiger charge is 2.22. The Balaban J connectivity index is 1.97. The number of amides is 1. The van der Waals surface area contributed by atoms with E-state index in [1.807, 2.05) is 23.1 Å². The topological polar surface area (TPSA) is 32.3 Å². The molecule has 0 aliphatic carbocycles. The van der Waals surface area contributed by atoms with E-state index in [-0.39, 0.29) is 11.9 Å². The van der Waals surface area contributed by atoms with Crippen LogP contribution in [0.2, 0.25) is 0 Å². The first-order valence-electron chi connectivity index (χ1n) is 5.81. The van der Waals surface area contributed by atoms with Crippen LogP contribution in [0, 0.1) is 0 Å². The molecule has 86 valence electrons. The van der Waals surface area contributed by atoms with E-state index in [4.69, 9.17) is 0 Å². The predicted molar refractivity (Wildman–Crippen MR) is 64.2 cm³/mol. The maximum atomic E-state index is 11.7. The summed E-state index contributed by atoms with van der Waals surface area (Å²) in [6, 6.07) is 10.6. The second-order valence-electron chi connectivity index (χ2n) is 4.30. The van der Waals surface area contributed by atoms with Gasteiger partial charge in [0.2, 0.25) is 5.91 Å². The van der Waals surface area contributed by atoms with Crippen LogP contribution in [0.5, 0.6) is 0 Å². The molecule has 16 heavy (non-hydrogen) atoms. The molecule has 0 bridgehead atoms. The molecule has 0 aromatic heterocycles. The monoisotopic (exact) mass is 218 g/mol. The summed E-state index contributed by atoms with van der Waals surface area (Å²) in [5.41, 5.74) is 1.29. The third-order valence-corrected chi connectivity index (χ3v) is 3.03. The lowest BCUT2D eigenvalue weighted by atomic mass is 10.1. The first kappa shape index (κ1) is 11.1. The Labute approximate surface area is 96.5 Å². The van der Waals surface area contributed by atoms with Gasteiger partial charge in [-0.3, -0.25) is 4.79 Å². The highest BCUT2D eigenvalue weighted by molar-refractivity contribution is 5.79. The van der Waals surface area contributed by atoms with Gasteiger partial charge in [0.25, 0.3) is 0 Å². The average Bonchev–Trinajstić information content (AvgIpc) is 2.31. The van der Waals surface area contributed by atoms with Crippen LogP contribution >= 0.6 is 0 Å². The van der Waals surface area contributed by atoms with Crippen LogP contribution < -0.4 is 5.32 Å². The Morgan fingerprint density at radius 2 is 2.12 bits per heavy atom. The Hall–Kier alpha value is -1.35. The highest BCUT2D eigenvalue weighted by Crippen LogP contribution is 2.09. The summed E-state index contributed by atoms with van der Waals surface area (Å²) in [5, 5.41) is 3.09. The maximum Gasteiger partial charge on any atom is 0.236 e. The molecule has 0 spiro atoms. The molecule has 1 fully saturated rings. The van der Waals surface area contributed by atoms with Crippen LogP contribution in [-0.4, -0.2) is 36.5 Å². The van der Waals surface area contributed by atoms with E-state index in [1.54, 1.807) is 0 Å². The van der Waals surface area contributed by atoms with Gasteiger partial charge < -0.3 is 10.2 Å². The second-order valence-corrected chi connectivity index (χ2v) is 4.30. The van der Waals surface area contributed by atoms with Crippen LogP contribution in [0.3, 0.4) is 0 Å². The van der Waals surface area contributed by atoms with Crippen molar-refractivity contribution in [3.63, 3.8) is 0 Å². The van der Waals surface area contributed by atoms with Gasteiger partial charge >= 0.3 is 0 Å². The number of piperazine rings is 1. The molecule has 1 aliphatic heterocycles. The SMILES string of the molecule is CC(Cc1ccccc1)N1CCNCC1=O. The van der Waals surface area contributed by atoms with Crippen molar-refractivity contribution in [1.82, 2.24) is 10.2 Å². The van der Waals surface area contributed by atoms with Gasteiger partial charge in [-0.1, -0.05) is 30.3 Å². The third kappa shape index (κ3) is 2.61. The molecule has 1 aromatic rings. The Morgan fingerprint density at radius 3 is 2.81 bits per heavy atom. The van der Waals surface area contributed by atoms with Gasteiger partial charge in [-0.05, 0) is 18.9 Å². The molecule has 1 N–H and O–H groups in total. The summed E-state index contributed by atoms with van der Waals surface area (Å²) in [7, 11) is 0.